The lowest BCUT2D eigenvalue weighted by Crippen LogP contribution is -2.17. The van der Waals surface area contributed by atoms with E-state index in [2.05, 4.69) is 34.7 Å². The zero-order valence-corrected chi connectivity index (χ0v) is 8.49. The summed E-state index contributed by atoms with van der Waals surface area (Å²) in [5, 5.41) is 14.7. The molecule has 0 fully saturated rings. The predicted molar refractivity (Wildman–Crippen MR) is 50.2 cm³/mol. The van der Waals surface area contributed by atoms with Crippen LogP contribution in [0.25, 0.3) is 0 Å². The molecule has 0 aliphatic carbocycles. The Morgan fingerprint density at radius 2 is 2.08 bits per heavy atom. The van der Waals surface area contributed by atoms with E-state index in [0.717, 1.165) is 25.2 Å². The van der Waals surface area contributed by atoms with Gasteiger partial charge in [0.05, 0.1) is 12.6 Å². The minimum absolute atomic E-state index is 0.429. The lowest BCUT2D eigenvalue weighted by atomic mass is 10.2. The van der Waals surface area contributed by atoms with Gasteiger partial charge in [-0.3, -0.25) is 0 Å². The fraction of sp³-hybridized carbons (Fsp3) is 0.875. The monoisotopic (exact) mass is 183 g/mol. The topological polar surface area (TPSA) is 55.6 Å². The van der Waals surface area contributed by atoms with Crippen molar-refractivity contribution in [1.82, 2.24) is 25.5 Å². The normalized spacial score (nSPS) is 11.1. The largest absolute Gasteiger partial charge is 0.313 e. The maximum Gasteiger partial charge on any atom is 0.165 e. The van der Waals surface area contributed by atoms with Gasteiger partial charge in [-0.15, -0.1) is 5.10 Å². The fourth-order valence-corrected chi connectivity index (χ4v) is 1.40. The highest BCUT2D eigenvalue weighted by Gasteiger charge is 2.12. The Labute approximate surface area is 78.5 Å². The minimum Gasteiger partial charge on any atom is -0.313 e. The summed E-state index contributed by atoms with van der Waals surface area (Å²) in [7, 11) is 1.89. The summed E-state index contributed by atoms with van der Waals surface area (Å²) < 4.78 is 1.91. The Bertz CT molecular complexity index is 240. The van der Waals surface area contributed by atoms with Crippen LogP contribution in [-0.4, -0.2) is 27.3 Å². The second kappa shape index (κ2) is 4.91. The predicted octanol–water partition coefficient (Wildman–Crippen LogP) is 0.754. The van der Waals surface area contributed by atoms with Gasteiger partial charge < -0.3 is 5.32 Å². The molecule has 5 nitrogen and oxygen atoms in total. The first-order valence-corrected chi connectivity index (χ1v) is 4.74. The van der Waals surface area contributed by atoms with Gasteiger partial charge in [0.25, 0.3) is 0 Å². The first-order valence-electron chi connectivity index (χ1n) is 4.74. The van der Waals surface area contributed by atoms with Crippen LogP contribution in [0, 0.1) is 0 Å². The average molecular weight is 183 g/mol. The SMILES string of the molecule is CCC(CC)n1nnnc1CNC. The molecule has 0 saturated heterocycles. The molecule has 0 amide bonds. The van der Waals surface area contributed by atoms with E-state index in [1.54, 1.807) is 0 Å². The lowest BCUT2D eigenvalue weighted by Gasteiger charge is -2.13. The molecular weight excluding hydrogens is 166 g/mol. The van der Waals surface area contributed by atoms with E-state index in [1.807, 2.05) is 11.7 Å². The maximum atomic E-state index is 3.99. The highest BCUT2D eigenvalue weighted by atomic mass is 15.6. The maximum absolute atomic E-state index is 3.99. The fourth-order valence-electron chi connectivity index (χ4n) is 1.40. The van der Waals surface area contributed by atoms with Gasteiger partial charge in [-0.2, -0.15) is 0 Å². The van der Waals surface area contributed by atoms with Gasteiger partial charge in [0, 0.05) is 0 Å². The molecule has 0 aliphatic heterocycles. The lowest BCUT2D eigenvalue weighted by molar-refractivity contribution is 0.401. The van der Waals surface area contributed by atoms with Crippen molar-refractivity contribution in [2.24, 2.45) is 0 Å². The highest BCUT2D eigenvalue weighted by Crippen LogP contribution is 2.14. The summed E-state index contributed by atoms with van der Waals surface area (Å²) in [4.78, 5) is 0. The first kappa shape index (κ1) is 10.1. The highest BCUT2D eigenvalue weighted by molar-refractivity contribution is 4.82. The molecule has 5 heteroatoms. The molecule has 0 bridgehead atoms. The third-order valence-corrected chi connectivity index (χ3v) is 2.18. The summed E-state index contributed by atoms with van der Waals surface area (Å²) in [5.41, 5.74) is 0. The molecule has 1 aromatic rings. The number of hydrogen-bond acceptors (Lipinski definition) is 4. The summed E-state index contributed by atoms with van der Waals surface area (Å²) >= 11 is 0. The molecule has 0 aliphatic rings. The number of hydrogen-bond donors (Lipinski definition) is 1. The van der Waals surface area contributed by atoms with Crippen LogP contribution in [0.4, 0.5) is 0 Å². The van der Waals surface area contributed by atoms with Crippen LogP contribution >= 0.6 is 0 Å². The molecule has 0 atom stereocenters. The van der Waals surface area contributed by atoms with Gasteiger partial charge in [-0.1, -0.05) is 13.8 Å². The molecule has 13 heavy (non-hydrogen) atoms. The second-order valence-corrected chi connectivity index (χ2v) is 3.04. The van der Waals surface area contributed by atoms with E-state index in [4.69, 9.17) is 0 Å². The molecule has 0 unspecified atom stereocenters. The number of rotatable bonds is 5. The van der Waals surface area contributed by atoms with Crippen LogP contribution in [-0.2, 0) is 6.54 Å². The van der Waals surface area contributed by atoms with Crippen molar-refractivity contribution in [3.8, 4) is 0 Å². The van der Waals surface area contributed by atoms with Gasteiger partial charge in [-0.05, 0) is 30.3 Å². The first-order chi connectivity index (χ1) is 6.33. The standard InChI is InChI=1S/C8H17N5/c1-4-7(5-2)13-8(6-9-3)10-11-12-13/h7,9H,4-6H2,1-3H3. The summed E-state index contributed by atoms with van der Waals surface area (Å²) in [6.45, 7) is 5.03. The zero-order chi connectivity index (χ0) is 9.68. The van der Waals surface area contributed by atoms with Crippen molar-refractivity contribution in [3.63, 3.8) is 0 Å². The van der Waals surface area contributed by atoms with Crippen molar-refractivity contribution >= 4 is 0 Å². The van der Waals surface area contributed by atoms with Crippen LogP contribution in [0.3, 0.4) is 0 Å². The van der Waals surface area contributed by atoms with Crippen molar-refractivity contribution in [2.45, 2.75) is 39.3 Å². The Hall–Kier alpha value is -0.970. The molecule has 0 saturated carbocycles. The minimum atomic E-state index is 0.429. The number of nitrogens with one attached hydrogen (secondary N) is 1. The Kier molecular flexibility index (Phi) is 3.82. The van der Waals surface area contributed by atoms with Gasteiger partial charge in [0.1, 0.15) is 0 Å². The van der Waals surface area contributed by atoms with Crippen LogP contribution in [0.1, 0.15) is 38.6 Å². The molecule has 1 N–H and O–H groups in total. The van der Waals surface area contributed by atoms with Crippen LogP contribution < -0.4 is 5.32 Å². The summed E-state index contributed by atoms with van der Waals surface area (Å²) in [6, 6.07) is 0.429. The average Bonchev–Trinajstić information content (AvgIpc) is 2.57. The van der Waals surface area contributed by atoms with Gasteiger partial charge in [0.2, 0.25) is 0 Å². The smallest absolute Gasteiger partial charge is 0.165 e. The van der Waals surface area contributed by atoms with Gasteiger partial charge in [0.15, 0.2) is 5.82 Å². The Balaban J connectivity index is 2.78. The van der Waals surface area contributed by atoms with Crippen LogP contribution in [0.15, 0.2) is 0 Å². The van der Waals surface area contributed by atoms with E-state index >= 15 is 0 Å². The Morgan fingerprint density at radius 1 is 1.38 bits per heavy atom. The van der Waals surface area contributed by atoms with Crippen molar-refractivity contribution in [2.75, 3.05) is 7.05 Å². The van der Waals surface area contributed by atoms with Crippen LogP contribution in [0.2, 0.25) is 0 Å². The van der Waals surface area contributed by atoms with E-state index in [0.29, 0.717) is 6.04 Å². The van der Waals surface area contributed by atoms with Gasteiger partial charge in [-0.25, -0.2) is 4.68 Å². The van der Waals surface area contributed by atoms with Gasteiger partial charge >= 0.3 is 0 Å². The molecule has 74 valence electrons. The second-order valence-electron chi connectivity index (χ2n) is 3.04. The van der Waals surface area contributed by atoms with Crippen molar-refractivity contribution in [1.29, 1.82) is 0 Å². The number of tetrazole rings is 1. The van der Waals surface area contributed by atoms with E-state index in [1.165, 1.54) is 0 Å². The van der Waals surface area contributed by atoms with Crippen molar-refractivity contribution < 1.29 is 0 Å². The molecule has 1 heterocycles. The molecule has 0 spiro atoms. The van der Waals surface area contributed by atoms with E-state index in [-0.39, 0.29) is 0 Å². The summed E-state index contributed by atoms with van der Waals surface area (Å²) in [6.07, 6.45) is 2.14. The van der Waals surface area contributed by atoms with Crippen molar-refractivity contribution in [3.05, 3.63) is 5.82 Å². The van der Waals surface area contributed by atoms with Crippen LogP contribution in [0.5, 0.6) is 0 Å². The third-order valence-electron chi connectivity index (χ3n) is 2.18. The molecule has 1 rings (SSSR count). The molecule has 0 aromatic carbocycles. The zero-order valence-electron chi connectivity index (χ0n) is 8.49. The Morgan fingerprint density at radius 3 is 2.62 bits per heavy atom. The summed E-state index contributed by atoms with van der Waals surface area (Å²) in [5.74, 6) is 0.913. The number of nitrogens with zero attached hydrogens (tertiary/aromatic N) is 4. The molecule has 1 aromatic heterocycles. The molecular formula is C8H17N5. The third kappa shape index (κ3) is 2.24. The quantitative estimate of drug-likeness (QED) is 0.732. The van der Waals surface area contributed by atoms with E-state index < -0.39 is 0 Å². The molecule has 0 radical (unpaired) electrons. The number of aromatic nitrogens is 4. The van der Waals surface area contributed by atoms with E-state index in [9.17, 15) is 0 Å².